The van der Waals surface area contributed by atoms with Crippen LogP contribution >= 0.6 is 15.9 Å². The summed E-state index contributed by atoms with van der Waals surface area (Å²) in [6, 6.07) is 11.8. The molecule has 7 heteroatoms. The average Bonchev–Trinajstić information content (AvgIpc) is 2.52. The molecular weight excluding hydrogens is 389 g/mol. The molecule has 24 heavy (non-hydrogen) atoms. The number of benzene rings is 2. The van der Waals surface area contributed by atoms with Crippen molar-refractivity contribution < 1.29 is 22.3 Å². The minimum Gasteiger partial charge on any atom is -0.489 e. The molecule has 0 saturated carbocycles. The van der Waals surface area contributed by atoms with Crippen LogP contribution in [0.5, 0.6) is 5.75 Å². The third-order valence-electron chi connectivity index (χ3n) is 3.37. The molecule has 0 saturated heterocycles. The van der Waals surface area contributed by atoms with E-state index in [-0.39, 0.29) is 17.6 Å². The maximum Gasteiger partial charge on any atom is 0.417 e. The fourth-order valence-corrected chi connectivity index (χ4v) is 2.64. The second kappa shape index (κ2) is 6.32. The SMILES string of the molecule is O=c1cc(C(F)(F)F)c2ccc(OCc3ccccc3Br)cc2o1. The van der Waals surface area contributed by atoms with Crippen LogP contribution in [0.25, 0.3) is 11.0 Å². The molecule has 1 aromatic heterocycles. The zero-order valence-corrected chi connectivity index (χ0v) is 13.6. The molecule has 0 aliphatic carbocycles. The highest BCUT2D eigenvalue weighted by Gasteiger charge is 2.33. The standard InChI is InChI=1S/C17H10BrF3O3/c18-14-4-2-1-3-10(14)9-23-11-5-6-12-13(17(19,20)21)8-16(22)24-15(12)7-11/h1-8H,9H2. The molecule has 0 amide bonds. The molecule has 0 N–H and O–H groups in total. The molecule has 2 aromatic carbocycles. The van der Waals surface area contributed by atoms with Crippen LogP contribution in [0.15, 0.2) is 62.2 Å². The van der Waals surface area contributed by atoms with E-state index in [9.17, 15) is 18.0 Å². The Hall–Kier alpha value is -2.28. The number of ether oxygens (including phenoxy) is 1. The first kappa shape index (κ1) is 16.6. The van der Waals surface area contributed by atoms with E-state index in [4.69, 9.17) is 9.15 Å². The van der Waals surface area contributed by atoms with Crippen molar-refractivity contribution in [2.75, 3.05) is 0 Å². The Kier molecular flexibility index (Phi) is 4.36. The molecule has 0 unspecified atom stereocenters. The third kappa shape index (κ3) is 3.46. The van der Waals surface area contributed by atoms with Crippen molar-refractivity contribution >= 4 is 26.9 Å². The molecule has 0 fully saturated rings. The van der Waals surface area contributed by atoms with Crippen molar-refractivity contribution in [1.82, 2.24) is 0 Å². The topological polar surface area (TPSA) is 39.4 Å². The second-order valence-corrected chi connectivity index (χ2v) is 5.87. The van der Waals surface area contributed by atoms with Crippen molar-refractivity contribution in [2.45, 2.75) is 12.8 Å². The summed E-state index contributed by atoms with van der Waals surface area (Å²) in [7, 11) is 0. The first-order valence-corrected chi connectivity index (χ1v) is 7.65. The first-order chi connectivity index (χ1) is 11.3. The van der Waals surface area contributed by atoms with E-state index in [1.54, 1.807) is 0 Å². The largest absolute Gasteiger partial charge is 0.489 e. The lowest BCUT2D eigenvalue weighted by Crippen LogP contribution is -2.11. The maximum absolute atomic E-state index is 13.0. The maximum atomic E-state index is 13.0. The summed E-state index contributed by atoms with van der Waals surface area (Å²) in [5.74, 6) is 0.306. The van der Waals surface area contributed by atoms with Crippen molar-refractivity contribution in [3.05, 3.63) is 74.6 Å². The Morgan fingerprint density at radius 3 is 2.54 bits per heavy atom. The summed E-state index contributed by atoms with van der Waals surface area (Å²) in [6.45, 7) is 0.218. The molecule has 0 aliphatic rings. The van der Waals surface area contributed by atoms with Crippen molar-refractivity contribution in [3.8, 4) is 5.75 Å². The van der Waals surface area contributed by atoms with E-state index in [1.807, 2.05) is 24.3 Å². The molecule has 0 spiro atoms. The van der Waals surface area contributed by atoms with Crippen LogP contribution in [-0.4, -0.2) is 0 Å². The predicted molar refractivity (Wildman–Crippen MR) is 86.0 cm³/mol. The Morgan fingerprint density at radius 2 is 1.83 bits per heavy atom. The van der Waals surface area contributed by atoms with Crippen LogP contribution in [0, 0.1) is 0 Å². The van der Waals surface area contributed by atoms with Gasteiger partial charge < -0.3 is 9.15 Å². The lowest BCUT2D eigenvalue weighted by Gasteiger charge is -2.11. The van der Waals surface area contributed by atoms with Gasteiger partial charge in [-0.25, -0.2) is 4.79 Å². The van der Waals surface area contributed by atoms with Crippen molar-refractivity contribution in [2.24, 2.45) is 0 Å². The number of hydrogen-bond donors (Lipinski definition) is 0. The number of fused-ring (bicyclic) bond motifs is 1. The summed E-state index contributed by atoms with van der Waals surface area (Å²) >= 11 is 3.39. The molecule has 0 radical (unpaired) electrons. The fraction of sp³-hybridized carbons (Fsp3) is 0.118. The summed E-state index contributed by atoms with van der Waals surface area (Å²) in [6.07, 6.45) is -4.63. The highest BCUT2D eigenvalue weighted by Crippen LogP contribution is 2.35. The lowest BCUT2D eigenvalue weighted by molar-refractivity contribution is -0.136. The van der Waals surface area contributed by atoms with Gasteiger partial charge in [-0.3, -0.25) is 0 Å². The van der Waals surface area contributed by atoms with Crippen LogP contribution in [0.2, 0.25) is 0 Å². The Labute approximate surface area is 142 Å². The van der Waals surface area contributed by atoms with Gasteiger partial charge in [0.1, 0.15) is 17.9 Å². The lowest BCUT2D eigenvalue weighted by atomic mass is 10.1. The van der Waals surface area contributed by atoms with E-state index in [1.165, 1.54) is 18.2 Å². The second-order valence-electron chi connectivity index (χ2n) is 5.01. The summed E-state index contributed by atoms with van der Waals surface area (Å²) in [5.41, 5.74) is -1.37. The van der Waals surface area contributed by atoms with Crippen molar-refractivity contribution in [1.29, 1.82) is 0 Å². The van der Waals surface area contributed by atoms with Crippen LogP contribution in [0.3, 0.4) is 0 Å². The van der Waals surface area contributed by atoms with Crippen LogP contribution in [0.1, 0.15) is 11.1 Å². The van der Waals surface area contributed by atoms with Gasteiger partial charge >= 0.3 is 11.8 Å². The van der Waals surface area contributed by atoms with Gasteiger partial charge in [0.2, 0.25) is 0 Å². The number of halogens is 4. The van der Waals surface area contributed by atoms with Gasteiger partial charge in [-0.15, -0.1) is 0 Å². The smallest absolute Gasteiger partial charge is 0.417 e. The van der Waals surface area contributed by atoms with Gasteiger partial charge in [0.15, 0.2) is 0 Å². The Balaban J connectivity index is 1.95. The van der Waals surface area contributed by atoms with Gasteiger partial charge in [-0.1, -0.05) is 34.1 Å². The molecule has 0 atom stereocenters. The highest BCUT2D eigenvalue weighted by atomic mass is 79.9. The molecule has 0 bridgehead atoms. The predicted octanol–water partition coefficient (Wildman–Crippen LogP) is 5.15. The van der Waals surface area contributed by atoms with Crippen LogP contribution in [0.4, 0.5) is 13.2 Å². The average molecular weight is 399 g/mol. The molecule has 124 valence electrons. The molecule has 3 aromatic rings. The summed E-state index contributed by atoms with van der Waals surface area (Å²) in [5, 5.41) is -0.185. The number of hydrogen-bond acceptors (Lipinski definition) is 3. The molecule has 3 nitrogen and oxygen atoms in total. The van der Waals surface area contributed by atoms with Gasteiger partial charge in [0, 0.05) is 27.6 Å². The van der Waals surface area contributed by atoms with Gasteiger partial charge in [0.05, 0.1) is 5.56 Å². The zero-order chi connectivity index (χ0) is 17.3. The van der Waals surface area contributed by atoms with Gasteiger partial charge in [-0.05, 0) is 18.2 Å². The summed E-state index contributed by atoms with van der Waals surface area (Å²) in [4.78, 5) is 11.4. The number of rotatable bonds is 3. The fourth-order valence-electron chi connectivity index (χ4n) is 2.24. The quantitative estimate of drug-likeness (QED) is 0.572. The summed E-state index contributed by atoms with van der Waals surface area (Å²) < 4.78 is 50.3. The highest BCUT2D eigenvalue weighted by molar-refractivity contribution is 9.10. The van der Waals surface area contributed by atoms with E-state index in [0.29, 0.717) is 11.8 Å². The third-order valence-corrected chi connectivity index (χ3v) is 4.15. The van der Waals surface area contributed by atoms with E-state index in [2.05, 4.69) is 15.9 Å². The molecule has 3 rings (SSSR count). The Morgan fingerprint density at radius 1 is 1.08 bits per heavy atom. The van der Waals surface area contributed by atoms with Crippen LogP contribution < -0.4 is 10.4 Å². The minimum absolute atomic E-state index is 0.167. The minimum atomic E-state index is -4.63. The van der Waals surface area contributed by atoms with E-state index in [0.717, 1.165) is 10.0 Å². The zero-order valence-electron chi connectivity index (χ0n) is 12.1. The molecule has 0 aliphatic heterocycles. The van der Waals surface area contributed by atoms with Crippen LogP contribution in [-0.2, 0) is 12.8 Å². The molecular formula is C17H10BrF3O3. The monoisotopic (exact) mass is 398 g/mol. The van der Waals surface area contributed by atoms with E-state index >= 15 is 0 Å². The van der Waals surface area contributed by atoms with Crippen molar-refractivity contribution in [3.63, 3.8) is 0 Å². The molecule has 1 heterocycles. The van der Waals surface area contributed by atoms with E-state index < -0.39 is 17.4 Å². The first-order valence-electron chi connectivity index (χ1n) is 6.86. The Bertz CT molecular complexity index is 948. The van der Waals surface area contributed by atoms with Gasteiger partial charge in [-0.2, -0.15) is 13.2 Å². The van der Waals surface area contributed by atoms with Gasteiger partial charge in [0.25, 0.3) is 0 Å². The normalized spacial score (nSPS) is 11.7. The number of alkyl halides is 3.